The number of aromatic nitrogens is 1. The molecule has 2 aromatic carbocycles. The third-order valence-corrected chi connectivity index (χ3v) is 10.6. The van der Waals surface area contributed by atoms with Gasteiger partial charge in [-0.3, -0.25) is 14.5 Å². The predicted octanol–water partition coefficient (Wildman–Crippen LogP) is 12.4. The minimum absolute atomic E-state index is 0.0474. The molecule has 0 spiro atoms. The molecule has 0 aliphatic heterocycles. The number of methoxy groups -OCH3 is 1. The number of hydrogen-bond donors (Lipinski definition) is 5. The fourth-order valence-corrected chi connectivity index (χ4v) is 7.07. The number of primary amides is 1. The molecular formula is C59H87N7O4. The molecule has 11 nitrogen and oxygen atoms in total. The van der Waals surface area contributed by atoms with E-state index in [-0.39, 0.29) is 24.3 Å². The normalized spacial score (nSPS) is 12.9. The number of terminal acetylenes is 1. The number of ether oxygens (including phenoxy) is 1. The molecule has 0 radical (unpaired) electrons. The lowest BCUT2D eigenvalue weighted by Crippen LogP contribution is -2.54. The lowest BCUT2D eigenvalue weighted by Gasteiger charge is -2.34. The molecule has 3 atom stereocenters. The van der Waals surface area contributed by atoms with Crippen LogP contribution in [0.25, 0.3) is 22.0 Å². The molecule has 8 N–H and O–H groups in total. The Hall–Kier alpha value is -6.71. The van der Waals surface area contributed by atoms with Gasteiger partial charge < -0.3 is 37.1 Å². The molecule has 0 saturated carbocycles. The van der Waals surface area contributed by atoms with E-state index in [9.17, 15) is 14.4 Å². The summed E-state index contributed by atoms with van der Waals surface area (Å²) in [5.41, 5.74) is 24.7. The fraction of sp³-hybridized carbons (Fsp3) is 0.373. The van der Waals surface area contributed by atoms with E-state index in [0.29, 0.717) is 18.8 Å². The Balaban J connectivity index is 0. The SMILES string of the molecule is C#C.C/C=C\C=C(/CC)[C@@H](N)C(OC)N(CCC)C(N)=O.C=C/C=C\C.C=CC(=C)c1[nH]c2ccc(NC(=O)C(C)N(CCCC)C(=O)Cc3ccccc3)cc2c1C1=CC(C)=CCC=C1.CC.CN. The Kier molecular flexibility index (Phi) is 36.6. The molecule has 4 rings (SSSR count). The van der Waals surface area contributed by atoms with E-state index in [1.165, 1.54) is 17.5 Å². The number of allylic oxidation sites excluding steroid dienone is 14. The zero-order valence-electron chi connectivity index (χ0n) is 44.4. The van der Waals surface area contributed by atoms with E-state index in [2.05, 4.69) is 86.8 Å². The van der Waals surface area contributed by atoms with E-state index in [1.54, 1.807) is 31.1 Å². The minimum Gasteiger partial charge on any atom is -0.359 e. The van der Waals surface area contributed by atoms with Crippen molar-refractivity contribution in [3.63, 3.8) is 0 Å². The first-order valence-electron chi connectivity index (χ1n) is 24.2. The zero-order valence-corrected chi connectivity index (χ0v) is 44.4. The highest BCUT2D eigenvalue weighted by molar-refractivity contribution is 6.04. The van der Waals surface area contributed by atoms with Gasteiger partial charge in [0.05, 0.1) is 18.2 Å². The summed E-state index contributed by atoms with van der Waals surface area (Å²) in [4.78, 5) is 44.9. The lowest BCUT2D eigenvalue weighted by atomic mass is 9.97. The molecular weight excluding hydrogens is 871 g/mol. The van der Waals surface area contributed by atoms with Gasteiger partial charge in [-0.05, 0) is 101 Å². The molecule has 0 bridgehead atoms. The van der Waals surface area contributed by atoms with Crippen molar-refractivity contribution in [2.45, 2.75) is 119 Å². The monoisotopic (exact) mass is 958 g/mol. The topological polar surface area (TPSA) is 173 Å². The second kappa shape index (κ2) is 39.2. The number of nitrogens with zero attached hydrogens (tertiary/aromatic N) is 2. The number of nitrogens with one attached hydrogen (secondary N) is 2. The highest BCUT2D eigenvalue weighted by Crippen LogP contribution is 2.36. The lowest BCUT2D eigenvalue weighted by molar-refractivity contribution is -0.137. The number of unbranched alkanes of at least 4 members (excludes halogenated alkanes) is 1. The van der Waals surface area contributed by atoms with Gasteiger partial charge in [-0.2, -0.15) is 0 Å². The van der Waals surface area contributed by atoms with Crippen molar-refractivity contribution in [3.05, 3.63) is 163 Å². The van der Waals surface area contributed by atoms with Gasteiger partial charge in [-0.1, -0.05) is 164 Å². The van der Waals surface area contributed by atoms with Gasteiger partial charge in [0, 0.05) is 42.4 Å². The molecule has 11 heteroatoms. The number of rotatable bonds is 20. The predicted molar refractivity (Wildman–Crippen MR) is 303 cm³/mol. The number of aromatic amines is 1. The molecule has 2 unspecified atom stereocenters. The average molecular weight is 958 g/mol. The third kappa shape index (κ3) is 22.1. The summed E-state index contributed by atoms with van der Waals surface area (Å²) < 4.78 is 5.39. The Labute approximate surface area is 422 Å². The second-order valence-corrected chi connectivity index (χ2v) is 15.4. The van der Waals surface area contributed by atoms with Gasteiger partial charge >= 0.3 is 6.03 Å². The standard InChI is InChI=1S/C35H39N3O2.C14H27N3O2.C5H8.C2H6.C2H2.CH5N/c1-6-8-20-38(32(39)22-27-15-10-9-11-16-27)26(5)35(40)36-29-18-19-31-30(23-29)33(34(37-31)25(4)7-2)28-17-13-12-14-24(3)21-28;1-5-8-9-11(7-3)12(15)13(19-4)17(10-6-2)14(16)18;1-3-5-4-2;3*1-2/h7,9-11,13-19,21,23,26,37H,2,4,6,8,12,20,22H2,1,3,5H3,(H,36,40);5,8-9,12-13H,6-7,10,15H2,1-4H3,(H2,16,18);3-5H,1H2,2H3;1-2H3;1-2H;2H2,1H3/b;8-5-,11-9+;5-4-;;;/t;12-,13?;;;;/m.1..../s1. The highest BCUT2D eigenvalue weighted by atomic mass is 16.5. The molecule has 0 fully saturated rings. The molecule has 1 aromatic heterocycles. The second-order valence-electron chi connectivity index (χ2n) is 15.4. The summed E-state index contributed by atoms with van der Waals surface area (Å²) in [6, 6.07) is 14.0. The van der Waals surface area contributed by atoms with Crippen molar-refractivity contribution in [2.75, 3.05) is 32.6 Å². The highest BCUT2D eigenvalue weighted by Gasteiger charge is 2.29. The number of anilines is 1. The number of benzene rings is 2. The van der Waals surface area contributed by atoms with Gasteiger partial charge in [-0.15, -0.1) is 12.8 Å². The van der Waals surface area contributed by atoms with Crippen LogP contribution in [0.2, 0.25) is 0 Å². The Morgan fingerprint density at radius 1 is 0.957 bits per heavy atom. The number of nitrogens with two attached hydrogens (primary N) is 3. The van der Waals surface area contributed by atoms with Crippen LogP contribution in [0.1, 0.15) is 111 Å². The van der Waals surface area contributed by atoms with Gasteiger partial charge in [0.1, 0.15) is 6.04 Å². The van der Waals surface area contributed by atoms with E-state index in [0.717, 1.165) is 76.5 Å². The summed E-state index contributed by atoms with van der Waals surface area (Å²) in [7, 11) is 3.04. The van der Waals surface area contributed by atoms with Crippen LogP contribution in [0.15, 0.2) is 146 Å². The molecule has 382 valence electrons. The molecule has 0 saturated heterocycles. The zero-order chi connectivity index (χ0) is 53.6. The Morgan fingerprint density at radius 3 is 2.11 bits per heavy atom. The number of urea groups is 1. The molecule has 1 aliphatic carbocycles. The van der Waals surface area contributed by atoms with Crippen molar-refractivity contribution in [2.24, 2.45) is 17.2 Å². The van der Waals surface area contributed by atoms with Crippen molar-refractivity contribution >= 4 is 45.6 Å². The minimum atomic E-state index is -0.611. The maximum Gasteiger partial charge on any atom is 0.316 e. The Morgan fingerprint density at radius 2 is 1.60 bits per heavy atom. The first kappa shape index (κ1) is 65.4. The van der Waals surface area contributed by atoms with Gasteiger partial charge in [0.15, 0.2) is 6.23 Å². The van der Waals surface area contributed by atoms with Crippen molar-refractivity contribution in [3.8, 4) is 12.8 Å². The fourth-order valence-electron chi connectivity index (χ4n) is 7.07. The first-order valence-corrected chi connectivity index (χ1v) is 24.2. The van der Waals surface area contributed by atoms with Crippen LogP contribution < -0.4 is 22.5 Å². The number of hydrogen-bond acceptors (Lipinski definition) is 6. The van der Waals surface area contributed by atoms with E-state index >= 15 is 0 Å². The summed E-state index contributed by atoms with van der Waals surface area (Å²) >= 11 is 0. The number of fused-ring (bicyclic) bond motifs is 1. The van der Waals surface area contributed by atoms with Crippen molar-refractivity contribution < 1.29 is 19.1 Å². The summed E-state index contributed by atoms with van der Waals surface area (Å²) in [6.45, 7) is 30.5. The van der Waals surface area contributed by atoms with Crippen LogP contribution in [-0.4, -0.2) is 78.2 Å². The van der Waals surface area contributed by atoms with Crippen LogP contribution >= 0.6 is 0 Å². The van der Waals surface area contributed by atoms with Gasteiger partial charge in [0.2, 0.25) is 11.8 Å². The smallest absolute Gasteiger partial charge is 0.316 e. The third-order valence-electron chi connectivity index (χ3n) is 10.6. The maximum absolute atomic E-state index is 13.5. The van der Waals surface area contributed by atoms with Crippen molar-refractivity contribution in [1.29, 1.82) is 0 Å². The number of carbonyl (C=O) groups excluding carboxylic acids is 3. The summed E-state index contributed by atoms with van der Waals surface area (Å²) in [5, 5.41) is 4.06. The van der Waals surface area contributed by atoms with Gasteiger partial charge in [0.25, 0.3) is 0 Å². The van der Waals surface area contributed by atoms with E-state index in [1.807, 2.05) is 120 Å². The first-order chi connectivity index (χ1) is 33.8. The summed E-state index contributed by atoms with van der Waals surface area (Å²) in [5.74, 6) is -0.259. The van der Waals surface area contributed by atoms with E-state index < -0.39 is 18.3 Å². The largest absolute Gasteiger partial charge is 0.359 e. The molecule has 1 heterocycles. The number of H-pyrrole nitrogens is 1. The van der Waals surface area contributed by atoms with Crippen LogP contribution in [0.4, 0.5) is 10.5 Å². The molecule has 4 amide bonds. The number of carbonyl (C=O) groups is 3. The quantitative estimate of drug-likeness (QED) is 0.0428. The maximum atomic E-state index is 13.5. The number of amides is 4. The molecule has 3 aromatic rings. The van der Waals surface area contributed by atoms with Crippen LogP contribution in [0.3, 0.4) is 0 Å². The summed E-state index contributed by atoms with van der Waals surface area (Å²) in [6.07, 6.45) is 33.8. The Bertz CT molecular complexity index is 2240. The molecule has 70 heavy (non-hydrogen) atoms. The van der Waals surface area contributed by atoms with E-state index in [4.69, 9.17) is 16.2 Å². The van der Waals surface area contributed by atoms with Crippen LogP contribution in [0, 0.1) is 12.8 Å². The van der Waals surface area contributed by atoms with Crippen LogP contribution in [-0.2, 0) is 20.7 Å². The average Bonchev–Trinajstić information content (AvgIpc) is 3.62. The molecule has 1 aliphatic rings. The van der Waals surface area contributed by atoms with Crippen LogP contribution in [0.5, 0.6) is 0 Å². The van der Waals surface area contributed by atoms with Crippen molar-refractivity contribution in [1.82, 2.24) is 14.8 Å². The van der Waals surface area contributed by atoms with Gasteiger partial charge in [-0.25, -0.2) is 4.79 Å².